The maximum atomic E-state index is 12.3. The Morgan fingerprint density at radius 3 is 2.12 bits per heavy atom. The zero-order valence-corrected chi connectivity index (χ0v) is 25.4. The Kier molecular flexibility index (Phi) is 9.18. The van der Waals surface area contributed by atoms with E-state index in [0.717, 1.165) is 39.1 Å². The molecule has 0 saturated carbocycles. The maximum absolute atomic E-state index is 12.3. The van der Waals surface area contributed by atoms with Gasteiger partial charge in [-0.2, -0.15) is 0 Å². The van der Waals surface area contributed by atoms with Gasteiger partial charge in [0.15, 0.2) is 0 Å². The summed E-state index contributed by atoms with van der Waals surface area (Å²) in [5, 5.41) is 23.2. The Balaban J connectivity index is 1.91. The standard InChI is InChI=1S/C33H38N4O6/c1-7-20-19(6)32(42)37-27(20)14-25-18(5)23(10-12-31(40)41)29(35-25)15-28-22(9-11-30(38)39)17(4)24(34-28)13-26-16(3)21(8-2)33(43)36-26/h7,13-15,19,34-35H,8-12H2,1-6H3,(H,37,42)(H,38,39)(H,40,41)/b20-7+,24-13?,27-14-,28-15-. The van der Waals surface area contributed by atoms with Gasteiger partial charge in [-0.15, -0.1) is 0 Å². The van der Waals surface area contributed by atoms with E-state index in [2.05, 4.69) is 20.3 Å². The van der Waals surface area contributed by atoms with Crippen LogP contribution in [0.1, 0.15) is 80.6 Å². The van der Waals surface area contributed by atoms with E-state index in [9.17, 15) is 29.4 Å². The molecule has 0 bridgehead atoms. The average Bonchev–Trinajstić information content (AvgIpc) is 3.59. The molecule has 0 aromatic carbocycles. The third-order valence-corrected chi connectivity index (χ3v) is 8.35. The Morgan fingerprint density at radius 2 is 1.53 bits per heavy atom. The van der Waals surface area contributed by atoms with Crippen molar-refractivity contribution in [3.63, 3.8) is 0 Å². The molecule has 1 atom stereocenters. The van der Waals surface area contributed by atoms with Gasteiger partial charge in [0.05, 0.1) is 11.6 Å². The monoisotopic (exact) mass is 586 g/mol. The molecular formula is C33H38N4O6. The number of H-pyrrole nitrogens is 2. The fourth-order valence-electron chi connectivity index (χ4n) is 5.77. The normalized spacial score (nSPS) is 19.8. The molecule has 226 valence electrons. The fourth-order valence-corrected chi connectivity index (χ4v) is 5.77. The second kappa shape index (κ2) is 12.6. The number of aromatic amines is 2. The summed E-state index contributed by atoms with van der Waals surface area (Å²) in [5.74, 6) is -2.44. The van der Waals surface area contributed by atoms with Crippen LogP contribution in [0.15, 0.2) is 33.5 Å². The number of carbonyl (C=O) groups is 4. The first-order chi connectivity index (χ1) is 20.4. The highest BCUT2D eigenvalue weighted by atomic mass is 16.4. The summed E-state index contributed by atoms with van der Waals surface area (Å²) in [4.78, 5) is 58.8. The molecule has 5 N–H and O–H groups in total. The van der Waals surface area contributed by atoms with Crippen molar-refractivity contribution in [3.05, 3.63) is 72.8 Å². The average molecular weight is 587 g/mol. The molecule has 4 heterocycles. The summed E-state index contributed by atoms with van der Waals surface area (Å²) in [7, 11) is 0. The highest BCUT2D eigenvalue weighted by Crippen LogP contribution is 2.29. The van der Waals surface area contributed by atoms with Gasteiger partial charge in [0, 0.05) is 46.2 Å². The number of hydrogen-bond donors (Lipinski definition) is 5. The molecule has 0 radical (unpaired) electrons. The summed E-state index contributed by atoms with van der Waals surface area (Å²) in [6, 6.07) is 0. The number of rotatable bonds is 10. The van der Waals surface area contributed by atoms with Gasteiger partial charge in [0.2, 0.25) is 5.91 Å². The van der Waals surface area contributed by atoms with Gasteiger partial charge >= 0.3 is 11.9 Å². The van der Waals surface area contributed by atoms with E-state index in [0.29, 0.717) is 39.8 Å². The van der Waals surface area contributed by atoms with E-state index in [1.807, 2.05) is 65.8 Å². The van der Waals surface area contributed by atoms with Gasteiger partial charge in [-0.1, -0.05) is 13.0 Å². The summed E-state index contributed by atoms with van der Waals surface area (Å²) >= 11 is 0. The number of aliphatic imine (C=N–C) groups is 1. The lowest BCUT2D eigenvalue weighted by molar-refractivity contribution is -0.138. The number of nitrogens with zero attached hydrogens (tertiary/aromatic N) is 1. The highest BCUT2D eigenvalue weighted by molar-refractivity contribution is 6.30. The molecule has 2 amide bonds. The van der Waals surface area contributed by atoms with Crippen LogP contribution in [0.5, 0.6) is 0 Å². The molecular weight excluding hydrogens is 548 g/mol. The van der Waals surface area contributed by atoms with Crippen molar-refractivity contribution < 1.29 is 29.4 Å². The minimum Gasteiger partial charge on any atom is -0.481 e. The van der Waals surface area contributed by atoms with E-state index in [1.165, 1.54) is 0 Å². The van der Waals surface area contributed by atoms with E-state index in [-0.39, 0.29) is 43.4 Å². The van der Waals surface area contributed by atoms with Crippen molar-refractivity contribution in [2.45, 2.75) is 73.6 Å². The van der Waals surface area contributed by atoms with Crippen molar-refractivity contribution >= 4 is 47.7 Å². The number of aliphatic carboxylic acids is 2. The molecule has 0 spiro atoms. The van der Waals surface area contributed by atoms with Crippen LogP contribution in [0.2, 0.25) is 0 Å². The third-order valence-electron chi connectivity index (χ3n) is 8.35. The second-order valence-electron chi connectivity index (χ2n) is 11.0. The van der Waals surface area contributed by atoms with Crippen LogP contribution in [0, 0.1) is 19.8 Å². The van der Waals surface area contributed by atoms with Crippen LogP contribution in [-0.4, -0.2) is 49.6 Å². The largest absolute Gasteiger partial charge is 0.481 e. The second-order valence-corrected chi connectivity index (χ2v) is 11.0. The lowest BCUT2D eigenvalue weighted by atomic mass is 10.00. The molecule has 1 saturated heterocycles. The number of amides is 2. The van der Waals surface area contributed by atoms with Gasteiger partial charge in [-0.05, 0) is 106 Å². The van der Waals surface area contributed by atoms with Crippen molar-refractivity contribution in [1.29, 1.82) is 0 Å². The topological polar surface area (TPSA) is 165 Å². The first-order valence-corrected chi connectivity index (χ1v) is 14.4. The predicted molar refractivity (Wildman–Crippen MR) is 165 cm³/mol. The van der Waals surface area contributed by atoms with E-state index < -0.39 is 11.9 Å². The lowest BCUT2D eigenvalue weighted by Crippen LogP contribution is -2.16. The van der Waals surface area contributed by atoms with Crippen molar-refractivity contribution in [3.8, 4) is 0 Å². The van der Waals surface area contributed by atoms with Crippen LogP contribution in [-0.2, 0) is 32.0 Å². The molecule has 2 aromatic heterocycles. The van der Waals surface area contributed by atoms with E-state index in [1.54, 1.807) is 0 Å². The summed E-state index contributed by atoms with van der Waals surface area (Å²) < 4.78 is 0. The number of carboxylic acid groups (broad SMARTS) is 2. The Labute approximate surface area is 249 Å². The summed E-state index contributed by atoms with van der Waals surface area (Å²) in [6.45, 7) is 11.3. The zero-order chi connectivity index (χ0) is 31.6. The molecule has 2 aliphatic rings. The van der Waals surface area contributed by atoms with E-state index >= 15 is 0 Å². The maximum Gasteiger partial charge on any atom is 0.303 e. The van der Waals surface area contributed by atoms with Crippen LogP contribution in [0.25, 0.3) is 18.2 Å². The molecule has 10 nitrogen and oxygen atoms in total. The molecule has 0 aliphatic carbocycles. The van der Waals surface area contributed by atoms with Crippen molar-refractivity contribution in [2.24, 2.45) is 10.9 Å². The number of carboxylic acids is 2. The number of hydrogen-bond acceptors (Lipinski definition) is 4. The third kappa shape index (κ3) is 6.38. The van der Waals surface area contributed by atoms with Gasteiger partial charge in [-0.25, -0.2) is 4.99 Å². The molecule has 4 rings (SSSR count). The van der Waals surface area contributed by atoms with Crippen LogP contribution in [0.4, 0.5) is 0 Å². The van der Waals surface area contributed by atoms with Crippen molar-refractivity contribution in [2.75, 3.05) is 0 Å². The minimum absolute atomic E-state index is 0.0721. The molecule has 1 fully saturated rings. The lowest BCUT2D eigenvalue weighted by Gasteiger charge is -2.03. The minimum atomic E-state index is -0.923. The Bertz CT molecular complexity index is 1780. The SMILES string of the molecule is C/C=C1/C(=C/c2[nH]c(/C=c3\[nH]c(=CC4=NC(=O)C(CC)=C4C)c(C)c3CCC(=O)O)c(CCC(=O)O)c2C)NC(=O)C1C. The predicted octanol–water partition coefficient (Wildman–Crippen LogP) is 3.36. The number of allylic oxidation sites excluding steroid dienone is 3. The van der Waals surface area contributed by atoms with Crippen LogP contribution < -0.4 is 16.0 Å². The van der Waals surface area contributed by atoms with Gasteiger partial charge < -0.3 is 25.5 Å². The van der Waals surface area contributed by atoms with Crippen LogP contribution >= 0.6 is 0 Å². The van der Waals surface area contributed by atoms with E-state index in [4.69, 9.17) is 0 Å². The fraction of sp³-hybridized carbons (Fsp3) is 0.364. The summed E-state index contributed by atoms with van der Waals surface area (Å²) in [5.41, 5.74) is 8.40. The molecule has 1 unspecified atom stereocenters. The molecule has 10 heteroatoms. The molecule has 2 aliphatic heterocycles. The van der Waals surface area contributed by atoms with Gasteiger partial charge in [0.1, 0.15) is 0 Å². The quantitative estimate of drug-likeness (QED) is 0.286. The number of nitrogens with one attached hydrogen (secondary N) is 3. The Hall–Kier alpha value is -4.73. The highest BCUT2D eigenvalue weighted by Gasteiger charge is 2.29. The smallest absolute Gasteiger partial charge is 0.303 e. The first kappa shape index (κ1) is 31.2. The van der Waals surface area contributed by atoms with Crippen LogP contribution in [0.3, 0.4) is 0 Å². The first-order valence-electron chi connectivity index (χ1n) is 14.4. The molecule has 43 heavy (non-hydrogen) atoms. The molecule has 2 aromatic rings. The van der Waals surface area contributed by atoms with Gasteiger partial charge in [-0.3, -0.25) is 19.2 Å². The Morgan fingerprint density at radius 1 is 0.884 bits per heavy atom. The summed E-state index contributed by atoms with van der Waals surface area (Å²) in [6.07, 6.45) is 8.45. The number of carbonyl (C=O) groups excluding carboxylic acids is 2. The number of aromatic nitrogens is 2. The zero-order valence-electron chi connectivity index (χ0n) is 25.4. The van der Waals surface area contributed by atoms with Crippen molar-refractivity contribution in [1.82, 2.24) is 15.3 Å². The van der Waals surface area contributed by atoms with Gasteiger partial charge in [0.25, 0.3) is 5.91 Å².